The van der Waals surface area contributed by atoms with Gasteiger partial charge in [0.15, 0.2) is 0 Å². The lowest BCUT2D eigenvalue weighted by atomic mass is 9.85. The minimum atomic E-state index is 0.265. The Balaban J connectivity index is 2.42. The molecule has 0 amide bonds. The molecule has 0 saturated carbocycles. The molecule has 0 aliphatic carbocycles. The van der Waals surface area contributed by atoms with E-state index in [1.165, 1.54) is 16.7 Å². The van der Waals surface area contributed by atoms with E-state index in [9.17, 15) is 0 Å². The van der Waals surface area contributed by atoms with Gasteiger partial charge in [0.05, 0.1) is 0 Å². The quantitative estimate of drug-likeness (QED) is 0.661. The van der Waals surface area contributed by atoms with E-state index in [-0.39, 0.29) is 5.41 Å². The SMILES string of the molecule is C[C@@H]1NCc2cc(C(C)(C)C)ccc21. The smallest absolute Gasteiger partial charge is 0.0298 e. The minimum absolute atomic E-state index is 0.265. The van der Waals surface area contributed by atoms with Gasteiger partial charge in [0.25, 0.3) is 0 Å². The number of hydrogen-bond donors (Lipinski definition) is 1. The molecule has 1 aliphatic heterocycles. The molecule has 1 heteroatoms. The van der Waals surface area contributed by atoms with Gasteiger partial charge in [-0.2, -0.15) is 0 Å². The molecule has 1 aliphatic rings. The molecule has 14 heavy (non-hydrogen) atoms. The Labute approximate surface area is 86.5 Å². The maximum atomic E-state index is 3.46. The number of benzene rings is 1. The van der Waals surface area contributed by atoms with Gasteiger partial charge < -0.3 is 5.32 Å². The van der Waals surface area contributed by atoms with Gasteiger partial charge in [-0.3, -0.25) is 0 Å². The Morgan fingerprint density at radius 2 is 2.00 bits per heavy atom. The molecule has 0 aromatic heterocycles. The van der Waals surface area contributed by atoms with Crippen molar-refractivity contribution in [2.75, 3.05) is 0 Å². The van der Waals surface area contributed by atoms with E-state index in [0.717, 1.165) is 6.54 Å². The monoisotopic (exact) mass is 189 g/mol. The molecule has 0 spiro atoms. The fourth-order valence-corrected chi connectivity index (χ4v) is 2.02. The van der Waals surface area contributed by atoms with E-state index in [2.05, 4.69) is 51.2 Å². The maximum Gasteiger partial charge on any atom is 0.0298 e. The fourth-order valence-electron chi connectivity index (χ4n) is 2.02. The van der Waals surface area contributed by atoms with Crippen LogP contribution in [0.3, 0.4) is 0 Å². The van der Waals surface area contributed by atoms with Crippen LogP contribution >= 0.6 is 0 Å². The fraction of sp³-hybridized carbons (Fsp3) is 0.538. The van der Waals surface area contributed by atoms with Crippen molar-refractivity contribution in [3.63, 3.8) is 0 Å². The highest BCUT2D eigenvalue weighted by Crippen LogP contribution is 2.30. The van der Waals surface area contributed by atoms with Crippen molar-refractivity contribution in [1.82, 2.24) is 5.32 Å². The second kappa shape index (κ2) is 3.09. The third-order valence-electron chi connectivity index (χ3n) is 3.07. The summed E-state index contributed by atoms with van der Waals surface area (Å²) in [7, 11) is 0. The third kappa shape index (κ3) is 1.57. The Kier molecular flexibility index (Phi) is 2.15. The van der Waals surface area contributed by atoms with Gasteiger partial charge in [0, 0.05) is 12.6 Å². The summed E-state index contributed by atoms with van der Waals surface area (Å²) in [5.41, 5.74) is 4.65. The van der Waals surface area contributed by atoms with Crippen molar-refractivity contribution in [2.45, 2.75) is 45.7 Å². The first-order valence-electron chi connectivity index (χ1n) is 5.35. The molecule has 1 aromatic carbocycles. The summed E-state index contributed by atoms with van der Waals surface area (Å²) >= 11 is 0. The van der Waals surface area contributed by atoms with Crippen LogP contribution in [0.15, 0.2) is 18.2 Å². The lowest BCUT2D eigenvalue weighted by Gasteiger charge is -2.20. The van der Waals surface area contributed by atoms with Crippen LogP contribution in [-0.4, -0.2) is 0 Å². The summed E-state index contributed by atoms with van der Waals surface area (Å²) in [6.45, 7) is 10.0. The van der Waals surface area contributed by atoms with Crippen LogP contribution in [0, 0.1) is 0 Å². The number of nitrogens with one attached hydrogen (secondary N) is 1. The molecule has 76 valence electrons. The van der Waals surface area contributed by atoms with Crippen LogP contribution in [0.2, 0.25) is 0 Å². The number of fused-ring (bicyclic) bond motifs is 1. The van der Waals surface area contributed by atoms with Crippen LogP contribution in [0.25, 0.3) is 0 Å². The van der Waals surface area contributed by atoms with Gasteiger partial charge in [0.1, 0.15) is 0 Å². The molecule has 1 atom stereocenters. The summed E-state index contributed by atoms with van der Waals surface area (Å²) in [4.78, 5) is 0. The molecule has 0 bridgehead atoms. The molecule has 1 heterocycles. The normalized spacial score (nSPS) is 21.0. The van der Waals surface area contributed by atoms with E-state index < -0.39 is 0 Å². The van der Waals surface area contributed by atoms with Crippen molar-refractivity contribution in [2.24, 2.45) is 0 Å². The van der Waals surface area contributed by atoms with Gasteiger partial charge in [-0.25, -0.2) is 0 Å². The van der Waals surface area contributed by atoms with Crippen LogP contribution in [0.5, 0.6) is 0 Å². The topological polar surface area (TPSA) is 12.0 Å². The zero-order chi connectivity index (χ0) is 10.3. The zero-order valence-electron chi connectivity index (χ0n) is 9.52. The predicted octanol–water partition coefficient (Wildman–Crippen LogP) is 3.15. The number of hydrogen-bond acceptors (Lipinski definition) is 1. The molecule has 0 fully saturated rings. The maximum absolute atomic E-state index is 3.46. The Bertz CT molecular complexity index is 347. The summed E-state index contributed by atoms with van der Waals surface area (Å²) in [6.07, 6.45) is 0. The van der Waals surface area contributed by atoms with Crippen molar-refractivity contribution in [1.29, 1.82) is 0 Å². The molecule has 0 unspecified atom stereocenters. The van der Waals surface area contributed by atoms with E-state index in [1.54, 1.807) is 0 Å². The second-order valence-corrected chi connectivity index (χ2v) is 5.27. The molecule has 0 radical (unpaired) electrons. The third-order valence-corrected chi connectivity index (χ3v) is 3.07. The van der Waals surface area contributed by atoms with Crippen molar-refractivity contribution < 1.29 is 0 Å². The van der Waals surface area contributed by atoms with Crippen LogP contribution in [-0.2, 0) is 12.0 Å². The Hall–Kier alpha value is -0.820. The highest BCUT2D eigenvalue weighted by atomic mass is 14.9. The van der Waals surface area contributed by atoms with Crippen molar-refractivity contribution in [3.8, 4) is 0 Å². The average Bonchev–Trinajstić information content (AvgIpc) is 2.46. The van der Waals surface area contributed by atoms with E-state index in [0.29, 0.717) is 6.04 Å². The van der Waals surface area contributed by atoms with Crippen LogP contribution in [0.4, 0.5) is 0 Å². The lowest BCUT2D eigenvalue weighted by molar-refractivity contribution is 0.589. The molecule has 1 nitrogen and oxygen atoms in total. The second-order valence-electron chi connectivity index (χ2n) is 5.27. The highest BCUT2D eigenvalue weighted by molar-refractivity contribution is 5.39. The van der Waals surface area contributed by atoms with Gasteiger partial charge in [0.2, 0.25) is 0 Å². The Morgan fingerprint density at radius 1 is 1.29 bits per heavy atom. The molecular formula is C13H19N. The minimum Gasteiger partial charge on any atom is -0.306 e. The van der Waals surface area contributed by atoms with E-state index >= 15 is 0 Å². The van der Waals surface area contributed by atoms with Gasteiger partial charge >= 0.3 is 0 Å². The largest absolute Gasteiger partial charge is 0.306 e. The van der Waals surface area contributed by atoms with Crippen LogP contribution < -0.4 is 5.32 Å². The molecule has 1 N–H and O–H groups in total. The van der Waals surface area contributed by atoms with Gasteiger partial charge in [-0.1, -0.05) is 39.0 Å². The Morgan fingerprint density at radius 3 is 2.64 bits per heavy atom. The predicted molar refractivity (Wildman–Crippen MR) is 60.4 cm³/mol. The summed E-state index contributed by atoms with van der Waals surface area (Å²) in [5, 5.41) is 3.46. The molecular weight excluding hydrogens is 170 g/mol. The lowest BCUT2D eigenvalue weighted by Crippen LogP contribution is -2.11. The number of rotatable bonds is 0. The first kappa shape index (κ1) is 9.72. The summed E-state index contributed by atoms with van der Waals surface area (Å²) in [6, 6.07) is 7.42. The zero-order valence-corrected chi connectivity index (χ0v) is 9.52. The molecule has 2 rings (SSSR count). The van der Waals surface area contributed by atoms with E-state index in [4.69, 9.17) is 0 Å². The standard InChI is InChI=1S/C13H19N/c1-9-12-6-5-11(13(2,3)4)7-10(12)8-14-9/h5-7,9,14H,8H2,1-4H3/t9-/m0/s1. The molecule has 0 saturated heterocycles. The van der Waals surface area contributed by atoms with Gasteiger partial charge in [-0.15, -0.1) is 0 Å². The summed E-state index contributed by atoms with van der Waals surface area (Å²) < 4.78 is 0. The van der Waals surface area contributed by atoms with Crippen molar-refractivity contribution in [3.05, 3.63) is 34.9 Å². The van der Waals surface area contributed by atoms with Crippen LogP contribution in [0.1, 0.15) is 50.4 Å². The first-order valence-corrected chi connectivity index (χ1v) is 5.35. The highest BCUT2D eigenvalue weighted by Gasteiger charge is 2.20. The van der Waals surface area contributed by atoms with Gasteiger partial charge in [-0.05, 0) is 29.0 Å². The summed E-state index contributed by atoms with van der Waals surface area (Å²) in [5.74, 6) is 0. The van der Waals surface area contributed by atoms with E-state index in [1.807, 2.05) is 0 Å². The van der Waals surface area contributed by atoms with Crippen molar-refractivity contribution >= 4 is 0 Å². The first-order chi connectivity index (χ1) is 6.48. The average molecular weight is 189 g/mol. The molecule has 1 aromatic rings.